The highest BCUT2D eigenvalue weighted by Crippen LogP contribution is 2.39. The molecule has 0 saturated heterocycles. The number of halogens is 2. The largest absolute Gasteiger partial charge is 0.385 e. The van der Waals surface area contributed by atoms with E-state index in [9.17, 15) is 0 Å². The molecule has 0 atom stereocenters. The molecule has 0 radical (unpaired) electrons. The van der Waals surface area contributed by atoms with Crippen LogP contribution in [0.25, 0.3) is 0 Å². The third-order valence-corrected chi connectivity index (χ3v) is 4.97. The van der Waals surface area contributed by atoms with Gasteiger partial charge in [0.25, 0.3) is 0 Å². The minimum absolute atomic E-state index is 0.457. The van der Waals surface area contributed by atoms with Crippen LogP contribution in [-0.4, -0.2) is 6.54 Å². The molecule has 2 rings (SSSR count). The molecular formula is C17H25Cl2N. The Hall–Kier alpha value is -0.400. The van der Waals surface area contributed by atoms with Crippen molar-refractivity contribution >= 4 is 28.9 Å². The van der Waals surface area contributed by atoms with Crippen LogP contribution < -0.4 is 5.32 Å². The molecule has 20 heavy (non-hydrogen) atoms. The predicted octanol–water partition coefficient (Wildman–Crippen LogP) is 6.26. The van der Waals surface area contributed by atoms with Crippen LogP contribution in [0.4, 0.5) is 5.69 Å². The average Bonchev–Trinajstić information content (AvgIpc) is 2.35. The molecule has 1 nitrogen and oxygen atoms in total. The summed E-state index contributed by atoms with van der Waals surface area (Å²) in [4.78, 5) is 0. The second-order valence-electron chi connectivity index (χ2n) is 7.12. The van der Waals surface area contributed by atoms with Crippen molar-refractivity contribution in [2.75, 3.05) is 11.9 Å². The van der Waals surface area contributed by atoms with Gasteiger partial charge < -0.3 is 5.32 Å². The summed E-state index contributed by atoms with van der Waals surface area (Å²) in [5.74, 6) is 1.64. The molecular weight excluding hydrogens is 289 g/mol. The van der Waals surface area contributed by atoms with Crippen LogP contribution in [0.5, 0.6) is 0 Å². The Morgan fingerprint density at radius 3 is 2.05 bits per heavy atom. The maximum Gasteiger partial charge on any atom is 0.0441 e. The van der Waals surface area contributed by atoms with Crippen molar-refractivity contribution in [2.24, 2.45) is 17.3 Å². The summed E-state index contributed by atoms with van der Waals surface area (Å²) in [5.41, 5.74) is 1.49. The maximum absolute atomic E-state index is 6.02. The highest BCUT2D eigenvalue weighted by molar-refractivity contribution is 6.35. The first-order valence-corrected chi connectivity index (χ1v) is 8.30. The molecule has 0 aromatic heterocycles. The fourth-order valence-corrected chi connectivity index (χ4v) is 3.68. The molecule has 112 valence electrons. The van der Waals surface area contributed by atoms with E-state index >= 15 is 0 Å². The first kappa shape index (κ1) is 16.0. The van der Waals surface area contributed by atoms with Gasteiger partial charge in [-0.15, -0.1) is 0 Å². The fourth-order valence-electron chi connectivity index (χ4n) is 3.15. The summed E-state index contributed by atoms with van der Waals surface area (Å²) in [6.45, 7) is 8.12. The van der Waals surface area contributed by atoms with Crippen LogP contribution in [0.15, 0.2) is 18.2 Å². The van der Waals surface area contributed by atoms with Crippen molar-refractivity contribution in [1.29, 1.82) is 0 Å². The minimum Gasteiger partial charge on any atom is -0.385 e. The lowest BCUT2D eigenvalue weighted by Crippen LogP contribution is -2.28. The fraction of sp³-hybridized carbons (Fsp3) is 0.647. The maximum atomic E-state index is 6.02. The molecule has 3 heteroatoms. The van der Waals surface area contributed by atoms with Crippen LogP contribution in [0.3, 0.4) is 0 Å². The zero-order valence-electron chi connectivity index (χ0n) is 12.7. The van der Waals surface area contributed by atoms with Gasteiger partial charge in [0.1, 0.15) is 0 Å². The molecule has 1 fully saturated rings. The van der Waals surface area contributed by atoms with E-state index in [-0.39, 0.29) is 0 Å². The molecule has 1 aliphatic carbocycles. The SMILES string of the molecule is CC(C)(C)C1CCC(CNc2cc(Cl)cc(Cl)c2)CC1. The molecule has 1 N–H and O–H groups in total. The van der Waals surface area contributed by atoms with E-state index in [2.05, 4.69) is 26.1 Å². The number of rotatable bonds is 3. The molecule has 0 aliphatic heterocycles. The van der Waals surface area contributed by atoms with Gasteiger partial charge in [0.05, 0.1) is 0 Å². The van der Waals surface area contributed by atoms with Crippen LogP contribution in [-0.2, 0) is 0 Å². The third-order valence-electron chi connectivity index (χ3n) is 4.53. The highest BCUT2D eigenvalue weighted by atomic mass is 35.5. The summed E-state index contributed by atoms with van der Waals surface area (Å²) >= 11 is 12.0. The zero-order chi connectivity index (χ0) is 14.8. The van der Waals surface area contributed by atoms with Crippen molar-refractivity contribution in [3.05, 3.63) is 28.2 Å². The monoisotopic (exact) mass is 313 g/mol. The molecule has 0 bridgehead atoms. The van der Waals surface area contributed by atoms with Crippen molar-refractivity contribution in [3.8, 4) is 0 Å². The van der Waals surface area contributed by atoms with Crippen LogP contribution in [0, 0.1) is 17.3 Å². The van der Waals surface area contributed by atoms with Gasteiger partial charge in [-0.2, -0.15) is 0 Å². The Bertz CT molecular complexity index is 423. The first-order chi connectivity index (χ1) is 9.34. The van der Waals surface area contributed by atoms with Crippen molar-refractivity contribution in [1.82, 2.24) is 0 Å². The van der Waals surface area contributed by atoms with Gasteiger partial charge in [0.15, 0.2) is 0 Å². The summed E-state index contributed by atoms with van der Waals surface area (Å²) in [6, 6.07) is 5.64. The molecule has 1 aromatic carbocycles. The van der Waals surface area contributed by atoms with Gasteiger partial charge >= 0.3 is 0 Å². The predicted molar refractivity (Wildman–Crippen MR) is 89.9 cm³/mol. The number of hydrogen-bond acceptors (Lipinski definition) is 1. The second kappa shape index (κ2) is 6.58. The normalized spacial score (nSPS) is 23.6. The number of benzene rings is 1. The molecule has 0 spiro atoms. The van der Waals surface area contributed by atoms with Gasteiger partial charge in [0.2, 0.25) is 0 Å². The van der Waals surface area contributed by atoms with Crippen LogP contribution in [0.1, 0.15) is 46.5 Å². The van der Waals surface area contributed by atoms with Gasteiger partial charge in [0, 0.05) is 22.3 Å². The highest BCUT2D eigenvalue weighted by Gasteiger charge is 2.29. The number of nitrogens with one attached hydrogen (secondary N) is 1. The summed E-state index contributed by atoms with van der Waals surface area (Å²) < 4.78 is 0. The van der Waals surface area contributed by atoms with Crippen LogP contribution in [0.2, 0.25) is 10.0 Å². The van der Waals surface area contributed by atoms with Gasteiger partial charge in [-0.25, -0.2) is 0 Å². The van der Waals surface area contributed by atoms with E-state index in [1.807, 2.05) is 12.1 Å². The quantitative estimate of drug-likeness (QED) is 0.694. The zero-order valence-corrected chi connectivity index (χ0v) is 14.2. The van der Waals surface area contributed by atoms with Crippen molar-refractivity contribution in [2.45, 2.75) is 46.5 Å². The van der Waals surface area contributed by atoms with E-state index < -0.39 is 0 Å². The minimum atomic E-state index is 0.457. The van der Waals surface area contributed by atoms with E-state index in [1.165, 1.54) is 25.7 Å². The molecule has 1 saturated carbocycles. The van der Waals surface area contributed by atoms with Crippen molar-refractivity contribution < 1.29 is 0 Å². The Kier molecular flexibility index (Phi) is 5.25. The first-order valence-electron chi connectivity index (χ1n) is 7.54. The topological polar surface area (TPSA) is 12.0 Å². The Labute approximate surface area is 133 Å². The van der Waals surface area contributed by atoms with Gasteiger partial charge in [-0.3, -0.25) is 0 Å². The second-order valence-corrected chi connectivity index (χ2v) is 8.00. The Morgan fingerprint density at radius 2 is 1.55 bits per heavy atom. The van der Waals surface area contributed by atoms with Crippen molar-refractivity contribution in [3.63, 3.8) is 0 Å². The molecule has 0 unspecified atom stereocenters. The molecule has 0 amide bonds. The summed E-state index contributed by atoms with van der Waals surface area (Å²) in [5, 5.41) is 4.86. The molecule has 1 aliphatic rings. The van der Waals surface area contributed by atoms with E-state index in [4.69, 9.17) is 23.2 Å². The lowest BCUT2D eigenvalue weighted by molar-refractivity contribution is 0.153. The van der Waals surface area contributed by atoms with Gasteiger partial charge in [-0.1, -0.05) is 44.0 Å². The van der Waals surface area contributed by atoms with E-state index in [0.29, 0.717) is 15.5 Å². The van der Waals surface area contributed by atoms with Gasteiger partial charge in [-0.05, 0) is 61.1 Å². The number of anilines is 1. The van der Waals surface area contributed by atoms with E-state index in [1.54, 1.807) is 6.07 Å². The number of hydrogen-bond donors (Lipinski definition) is 1. The van der Waals surface area contributed by atoms with E-state index in [0.717, 1.165) is 24.1 Å². The lowest BCUT2D eigenvalue weighted by Gasteiger charge is -2.37. The standard InChI is InChI=1S/C17H25Cl2N/c1-17(2,3)13-6-4-12(5-7-13)11-20-16-9-14(18)8-15(19)10-16/h8-10,12-13,20H,4-7,11H2,1-3H3. The van der Waals surface area contributed by atoms with Crippen LogP contribution >= 0.6 is 23.2 Å². The molecule has 1 aromatic rings. The smallest absolute Gasteiger partial charge is 0.0441 e. The summed E-state index contributed by atoms with van der Waals surface area (Å²) in [7, 11) is 0. The summed E-state index contributed by atoms with van der Waals surface area (Å²) in [6.07, 6.45) is 5.35. The average molecular weight is 314 g/mol. The molecule has 0 heterocycles. The lowest BCUT2D eigenvalue weighted by atomic mass is 9.70. The Morgan fingerprint density at radius 1 is 1.00 bits per heavy atom. The third kappa shape index (κ3) is 4.56. The Balaban J connectivity index is 1.81.